The summed E-state index contributed by atoms with van der Waals surface area (Å²) in [7, 11) is 1.53. The molecule has 1 fully saturated rings. The normalized spacial score (nSPS) is 13.2. The minimum atomic E-state index is -0.541. The van der Waals surface area contributed by atoms with E-state index in [0.29, 0.717) is 39.4 Å². The van der Waals surface area contributed by atoms with Crippen LogP contribution in [0.2, 0.25) is 0 Å². The molecule has 0 atom stereocenters. The minimum Gasteiger partial charge on any atom is -0.493 e. The molecule has 160 valence electrons. The Morgan fingerprint density at radius 2 is 1.90 bits per heavy atom. The van der Waals surface area contributed by atoms with E-state index in [1.807, 2.05) is 13.0 Å². The van der Waals surface area contributed by atoms with Crippen molar-refractivity contribution in [2.24, 2.45) is 5.73 Å². The van der Waals surface area contributed by atoms with E-state index in [2.05, 4.69) is 26.1 Å². The molecular weight excluding hydrogens is 450 g/mol. The molecule has 1 saturated heterocycles. The Bertz CT molecular complexity index is 942. The maximum absolute atomic E-state index is 13.0. The highest BCUT2D eigenvalue weighted by Gasteiger charge is 2.20. The number of rotatable bonds is 8. The lowest BCUT2D eigenvalue weighted by Crippen LogP contribution is -2.22. The molecule has 0 aliphatic carbocycles. The number of halogens is 1. The summed E-state index contributed by atoms with van der Waals surface area (Å²) in [6.07, 6.45) is 3.04. The van der Waals surface area contributed by atoms with Crippen molar-refractivity contribution in [3.05, 3.63) is 45.9 Å². The van der Waals surface area contributed by atoms with E-state index in [0.717, 1.165) is 38.0 Å². The third kappa shape index (κ3) is 4.87. The predicted octanol–water partition coefficient (Wildman–Crippen LogP) is 4.20. The average Bonchev–Trinajstić information content (AvgIpc) is 3.26. The van der Waals surface area contributed by atoms with E-state index in [-0.39, 0.29) is 5.91 Å². The van der Waals surface area contributed by atoms with Crippen molar-refractivity contribution >= 4 is 39.1 Å². The van der Waals surface area contributed by atoms with Crippen LogP contribution in [0.25, 0.3) is 0 Å². The van der Waals surface area contributed by atoms with E-state index in [9.17, 15) is 9.59 Å². The molecule has 1 aliphatic heterocycles. The maximum atomic E-state index is 13.0. The van der Waals surface area contributed by atoms with Gasteiger partial charge in [0.2, 0.25) is 5.91 Å². The molecule has 0 radical (unpaired) electrons. The maximum Gasteiger partial charge on any atom is 0.255 e. The number of carbonyl (C=O) groups is 2. The highest BCUT2D eigenvalue weighted by molar-refractivity contribution is 9.10. The predicted molar refractivity (Wildman–Crippen MR) is 121 cm³/mol. The van der Waals surface area contributed by atoms with Crippen LogP contribution >= 0.6 is 15.9 Å². The standard InChI is InChI=1S/C22H26BrN3O4/c1-3-10-30-20-16(23)11-15(13-19(20)29-2)22(28)25-17-12-14(21(24)27)6-7-18(17)26-8-4-5-9-26/h6-7,11-13H,3-5,8-10H2,1-2H3,(H2,24,27)(H,25,28). The van der Waals surface area contributed by atoms with Crippen LogP contribution < -0.4 is 25.4 Å². The van der Waals surface area contributed by atoms with E-state index < -0.39 is 5.91 Å². The van der Waals surface area contributed by atoms with Gasteiger partial charge in [0, 0.05) is 24.2 Å². The van der Waals surface area contributed by atoms with Gasteiger partial charge in [-0.3, -0.25) is 9.59 Å². The molecule has 1 heterocycles. The van der Waals surface area contributed by atoms with E-state index in [4.69, 9.17) is 15.2 Å². The van der Waals surface area contributed by atoms with Crippen LogP contribution in [-0.4, -0.2) is 38.6 Å². The SMILES string of the molecule is CCCOc1c(Br)cc(C(=O)Nc2cc(C(N)=O)ccc2N2CCCC2)cc1OC. The molecular formula is C22H26BrN3O4. The molecule has 2 aromatic carbocycles. The zero-order chi connectivity index (χ0) is 21.7. The fraction of sp³-hybridized carbons (Fsp3) is 0.364. The first-order valence-corrected chi connectivity index (χ1v) is 10.7. The van der Waals surface area contributed by atoms with Gasteiger partial charge in [-0.05, 0) is 65.5 Å². The van der Waals surface area contributed by atoms with Crippen molar-refractivity contribution in [3.63, 3.8) is 0 Å². The van der Waals surface area contributed by atoms with Crippen molar-refractivity contribution in [2.75, 3.05) is 37.0 Å². The number of nitrogens with two attached hydrogens (primary N) is 1. The van der Waals surface area contributed by atoms with Crippen LogP contribution in [0.5, 0.6) is 11.5 Å². The third-order valence-corrected chi connectivity index (χ3v) is 5.51. The Labute approximate surface area is 184 Å². The number of amides is 2. The molecule has 2 amide bonds. The van der Waals surface area contributed by atoms with Crippen LogP contribution in [0.15, 0.2) is 34.8 Å². The first-order valence-electron chi connectivity index (χ1n) is 9.95. The van der Waals surface area contributed by atoms with Gasteiger partial charge in [-0.15, -0.1) is 0 Å². The molecule has 8 heteroatoms. The highest BCUT2D eigenvalue weighted by Crippen LogP contribution is 2.37. The number of methoxy groups -OCH3 is 1. The Balaban J connectivity index is 1.92. The zero-order valence-corrected chi connectivity index (χ0v) is 18.8. The lowest BCUT2D eigenvalue weighted by Gasteiger charge is -2.22. The van der Waals surface area contributed by atoms with Crippen LogP contribution in [0.3, 0.4) is 0 Å². The van der Waals surface area contributed by atoms with E-state index in [1.165, 1.54) is 7.11 Å². The summed E-state index contributed by atoms with van der Waals surface area (Å²) in [5, 5.41) is 2.93. The monoisotopic (exact) mass is 475 g/mol. The number of ether oxygens (including phenoxy) is 2. The second-order valence-corrected chi connectivity index (χ2v) is 7.94. The highest BCUT2D eigenvalue weighted by atomic mass is 79.9. The molecule has 0 saturated carbocycles. The number of nitrogens with one attached hydrogen (secondary N) is 1. The molecule has 3 N–H and O–H groups in total. The lowest BCUT2D eigenvalue weighted by atomic mass is 10.1. The van der Waals surface area contributed by atoms with E-state index >= 15 is 0 Å². The topological polar surface area (TPSA) is 93.9 Å². The number of primary amides is 1. The van der Waals surface area contributed by atoms with Crippen molar-refractivity contribution in [3.8, 4) is 11.5 Å². The summed E-state index contributed by atoms with van der Waals surface area (Å²) in [6.45, 7) is 4.36. The van der Waals surface area contributed by atoms with Gasteiger partial charge < -0.3 is 25.4 Å². The summed E-state index contributed by atoms with van der Waals surface area (Å²) in [5.74, 6) is 0.163. The van der Waals surface area contributed by atoms with Crippen LogP contribution in [0.4, 0.5) is 11.4 Å². The molecule has 7 nitrogen and oxygen atoms in total. The Morgan fingerprint density at radius 3 is 2.53 bits per heavy atom. The van der Waals surface area contributed by atoms with E-state index in [1.54, 1.807) is 24.3 Å². The number of carbonyl (C=O) groups excluding carboxylic acids is 2. The smallest absolute Gasteiger partial charge is 0.255 e. The second-order valence-electron chi connectivity index (χ2n) is 7.08. The number of hydrogen-bond donors (Lipinski definition) is 2. The first-order chi connectivity index (χ1) is 14.4. The molecule has 1 aliphatic rings. The molecule has 3 rings (SSSR count). The minimum absolute atomic E-state index is 0.321. The van der Waals surface area contributed by atoms with Crippen molar-refractivity contribution in [1.29, 1.82) is 0 Å². The van der Waals surface area contributed by atoms with Crippen molar-refractivity contribution in [1.82, 2.24) is 0 Å². The van der Waals surface area contributed by atoms with Gasteiger partial charge in [0.05, 0.1) is 29.6 Å². The number of anilines is 2. The number of hydrogen-bond acceptors (Lipinski definition) is 5. The Kier molecular flexibility index (Phi) is 7.20. The van der Waals surface area contributed by atoms with Gasteiger partial charge >= 0.3 is 0 Å². The van der Waals surface area contributed by atoms with Gasteiger partial charge in [0.25, 0.3) is 5.91 Å². The molecule has 0 aromatic heterocycles. The summed E-state index contributed by atoms with van der Waals surface area (Å²) < 4.78 is 11.8. The zero-order valence-electron chi connectivity index (χ0n) is 17.2. The Morgan fingerprint density at radius 1 is 1.17 bits per heavy atom. The quantitative estimate of drug-likeness (QED) is 0.596. The Hall–Kier alpha value is -2.74. The summed E-state index contributed by atoms with van der Waals surface area (Å²) >= 11 is 3.47. The summed E-state index contributed by atoms with van der Waals surface area (Å²) in [4.78, 5) is 26.9. The summed E-state index contributed by atoms with van der Waals surface area (Å²) in [6, 6.07) is 8.47. The largest absolute Gasteiger partial charge is 0.493 e. The number of nitrogens with zero attached hydrogens (tertiary/aromatic N) is 1. The van der Waals surface area contributed by atoms with Gasteiger partial charge in [-0.2, -0.15) is 0 Å². The average molecular weight is 476 g/mol. The molecule has 30 heavy (non-hydrogen) atoms. The van der Waals surface area contributed by atoms with Crippen LogP contribution in [-0.2, 0) is 0 Å². The lowest BCUT2D eigenvalue weighted by molar-refractivity contribution is 0.0996. The third-order valence-electron chi connectivity index (χ3n) is 4.92. The van der Waals surface area contributed by atoms with Gasteiger partial charge in [0.1, 0.15) is 0 Å². The molecule has 0 spiro atoms. The molecule has 2 aromatic rings. The fourth-order valence-corrected chi connectivity index (χ4v) is 3.97. The van der Waals surface area contributed by atoms with Gasteiger partial charge in [0.15, 0.2) is 11.5 Å². The molecule has 0 bridgehead atoms. The first kappa shape index (κ1) is 22.0. The second kappa shape index (κ2) is 9.84. The van der Waals surface area contributed by atoms with Crippen molar-refractivity contribution in [2.45, 2.75) is 26.2 Å². The van der Waals surface area contributed by atoms with Crippen molar-refractivity contribution < 1.29 is 19.1 Å². The van der Waals surface area contributed by atoms with Gasteiger partial charge in [-0.25, -0.2) is 0 Å². The van der Waals surface area contributed by atoms with Crippen LogP contribution in [0.1, 0.15) is 46.9 Å². The fourth-order valence-electron chi connectivity index (χ4n) is 3.41. The van der Waals surface area contributed by atoms with Gasteiger partial charge in [-0.1, -0.05) is 6.92 Å². The van der Waals surface area contributed by atoms with Crippen LogP contribution in [0, 0.1) is 0 Å². The summed E-state index contributed by atoms with van der Waals surface area (Å²) in [5.41, 5.74) is 7.62. The molecule has 0 unspecified atom stereocenters. The number of benzene rings is 2.